The van der Waals surface area contributed by atoms with Gasteiger partial charge in [0.2, 0.25) is 0 Å². The van der Waals surface area contributed by atoms with Gasteiger partial charge in [-0.2, -0.15) is 4.90 Å². The Labute approximate surface area is 163 Å². The first kappa shape index (κ1) is 18.2. The molecule has 2 aromatic carbocycles. The second-order valence-electron chi connectivity index (χ2n) is 7.19. The molecule has 6 nitrogen and oxygen atoms in total. The van der Waals surface area contributed by atoms with Crippen LogP contribution in [0.3, 0.4) is 0 Å². The molecule has 1 saturated heterocycles. The molecule has 0 spiro atoms. The molecule has 2 atom stereocenters. The summed E-state index contributed by atoms with van der Waals surface area (Å²) in [6, 6.07) is 15.1. The summed E-state index contributed by atoms with van der Waals surface area (Å²) in [5.41, 5.74) is 4.39. The Morgan fingerprint density at radius 3 is 2.21 bits per heavy atom. The summed E-state index contributed by atoms with van der Waals surface area (Å²) >= 11 is 0. The molecule has 1 heterocycles. The van der Waals surface area contributed by atoms with Gasteiger partial charge in [0, 0.05) is 5.92 Å². The molecule has 1 unspecified atom stereocenters. The molecule has 1 fully saturated rings. The van der Waals surface area contributed by atoms with Gasteiger partial charge in [0.05, 0.1) is 0 Å². The highest BCUT2D eigenvalue weighted by atomic mass is 16.6. The maximum absolute atomic E-state index is 12.7. The number of amides is 2. The maximum Gasteiger partial charge on any atom is 0.427 e. The summed E-state index contributed by atoms with van der Waals surface area (Å²) in [6.07, 6.45) is -1.18. The number of imide groups is 1. The van der Waals surface area contributed by atoms with Crippen molar-refractivity contribution in [2.24, 2.45) is 5.92 Å². The van der Waals surface area contributed by atoms with E-state index in [1.165, 1.54) is 0 Å². The van der Waals surface area contributed by atoms with Gasteiger partial charge in [-0.05, 0) is 28.2 Å². The van der Waals surface area contributed by atoms with E-state index in [9.17, 15) is 14.4 Å². The Morgan fingerprint density at radius 2 is 1.64 bits per heavy atom. The van der Waals surface area contributed by atoms with Gasteiger partial charge in [-0.15, -0.1) is 0 Å². The molecule has 0 radical (unpaired) electrons. The van der Waals surface area contributed by atoms with Crippen LogP contribution in [0.15, 0.2) is 48.5 Å². The highest BCUT2D eigenvalue weighted by Crippen LogP contribution is 2.44. The van der Waals surface area contributed by atoms with E-state index in [1.54, 1.807) is 6.92 Å². The predicted octanol–water partition coefficient (Wildman–Crippen LogP) is 4.33. The van der Waals surface area contributed by atoms with Crippen LogP contribution in [0.4, 0.5) is 9.59 Å². The van der Waals surface area contributed by atoms with Gasteiger partial charge in [-0.25, -0.2) is 14.4 Å². The topological polar surface area (TPSA) is 72.9 Å². The third kappa shape index (κ3) is 2.85. The average molecular weight is 379 g/mol. The van der Waals surface area contributed by atoms with Crippen LogP contribution in [0.25, 0.3) is 11.1 Å². The number of benzene rings is 2. The number of esters is 1. The molecule has 0 bridgehead atoms. The van der Waals surface area contributed by atoms with E-state index in [1.807, 2.05) is 55.5 Å². The molecule has 1 aliphatic heterocycles. The molecule has 4 rings (SSSR count). The lowest BCUT2D eigenvalue weighted by molar-refractivity contribution is -0.137. The smallest absolute Gasteiger partial charge is 0.427 e. The van der Waals surface area contributed by atoms with E-state index in [0.29, 0.717) is 6.42 Å². The first-order valence-corrected chi connectivity index (χ1v) is 9.42. The zero-order chi connectivity index (χ0) is 19.8. The maximum atomic E-state index is 12.7. The van der Waals surface area contributed by atoms with Crippen molar-refractivity contribution < 1.29 is 23.9 Å². The lowest BCUT2D eigenvalue weighted by Crippen LogP contribution is -2.44. The Hall–Kier alpha value is -3.15. The van der Waals surface area contributed by atoms with E-state index < -0.39 is 24.2 Å². The summed E-state index contributed by atoms with van der Waals surface area (Å²) in [5, 5.41) is 0. The number of carbonyl (C=O) groups excluding carboxylic acids is 3. The molecule has 2 amide bonds. The zero-order valence-corrected chi connectivity index (χ0v) is 15.8. The van der Waals surface area contributed by atoms with Crippen molar-refractivity contribution >= 4 is 18.2 Å². The van der Waals surface area contributed by atoms with Crippen LogP contribution in [0.1, 0.15) is 37.3 Å². The fourth-order valence-electron chi connectivity index (χ4n) is 3.98. The summed E-state index contributed by atoms with van der Waals surface area (Å²) in [7, 11) is 0. The normalized spacial score (nSPS) is 19.2. The standard InChI is InChI=1S/C22H21NO5/c1-3-13(2)19-20(24)28-22(26)23(19)21(25)27-12-18-16-10-6-4-8-14(16)15-9-5-7-11-17(15)18/h4-11,13,18-19H,3,12H2,1-2H3/t13?,19-/m1/s1. The Bertz CT molecular complexity index is 908. The van der Waals surface area contributed by atoms with Gasteiger partial charge < -0.3 is 9.47 Å². The van der Waals surface area contributed by atoms with Crippen molar-refractivity contribution in [1.29, 1.82) is 0 Å². The Balaban J connectivity index is 1.55. The molecular formula is C22H21NO5. The predicted molar refractivity (Wildman–Crippen MR) is 102 cm³/mol. The van der Waals surface area contributed by atoms with Crippen molar-refractivity contribution in [1.82, 2.24) is 4.90 Å². The van der Waals surface area contributed by atoms with Crippen LogP contribution in [-0.2, 0) is 14.3 Å². The minimum absolute atomic E-state index is 0.0814. The molecule has 2 aromatic rings. The molecule has 0 N–H and O–H groups in total. The van der Waals surface area contributed by atoms with Gasteiger partial charge in [0.1, 0.15) is 12.6 Å². The van der Waals surface area contributed by atoms with Crippen LogP contribution >= 0.6 is 0 Å². The summed E-state index contributed by atoms with van der Waals surface area (Å²) in [4.78, 5) is 37.5. The summed E-state index contributed by atoms with van der Waals surface area (Å²) in [6.45, 7) is 3.77. The van der Waals surface area contributed by atoms with Crippen molar-refractivity contribution in [2.75, 3.05) is 6.61 Å². The lowest BCUT2D eigenvalue weighted by Gasteiger charge is -2.23. The van der Waals surface area contributed by atoms with Gasteiger partial charge >= 0.3 is 18.2 Å². The minimum atomic E-state index is -0.965. The van der Waals surface area contributed by atoms with E-state index in [-0.39, 0.29) is 18.4 Å². The lowest BCUT2D eigenvalue weighted by atomic mass is 9.98. The van der Waals surface area contributed by atoms with Crippen molar-refractivity contribution in [3.05, 3.63) is 59.7 Å². The Morgan fingerprint density at radius 1 is 1.07 bits per heavy atom. The second kappa shape index (κ2) is 7.11. The van der Waals surface area contributed by atoms with E-state index in [2.05, 4.69) is 4.74 Å². The molecular weight excluding hydrogens is 358 g/mol. The van der Waals surface area contributed by atoms with Crippen LogP contribution in [-0.4, -0.2) is 35.7 Å². The van der Waals surface area contributed by atoms with Crippen LogP contribution in [0.2, 0.25) is 0 Å². The number of nitrogens with zero attached hydrogens (tertiary/aromatic N) is 1. The SMILES string of the molecule is CCC(C)[C@@H]1C(=O)OC(=O)N1C(=O)OCC1c2ccccc2-c2ccccc21. The van der Waals surface area contributed by atoms with Crippen LogP contribution in [0, 0.1) is 5.92 Å². The number of fused-ring (bicyclic) bond motifs is 3. The van der Waals surface area contributed by atoms with Crippen LogP contribution < -0.4 is 0 Å². The van der Waals surface area contributed by atoms with Gasteiger partial charge in [-0.3, -0.25) is 0 Å². The van der Waals surface area contributed by atoms with Gasteiger partial charge in [-0.1, -0.05) is 68.8 Å². The monoisotopic (exact) mass is 379 g/mol. The highest BCUT2D eigenvalue weighted by Gasteiger charge is 2.48. The number of cyclic esters (lactones) is 2. The molecule has 1 aliphatic carbocycles. The first-order chi connectivity index (χ1) is 13.5. The van der Waals surface area contributed by atoms with Crippen molar-refractivity contribution in [3.8, 4) is 11.1 Å². The van der Waals surface area contributed by atoms with Gasteiger partial charge in [0.15, 0.2) is 0 Å². The Kier molecular flexibility index (Phi) is 4.63. The number of hydrogen-bond donors (Lipinski definition) is 0. The molecule has 2 aliphatic rings. The zero-order valence-electron chi connectivity index (χ0n) is 15.8. The van der Waals surface area contributed by atoms with E-state index in [0.717, 1.165) is 27.2 Å². The largest absolute Gasteiger partial charge is 0.448 e. The van der Waals surface area contributed by atoms with Gasteiger partial charge in [0.25, 0.3) is 0 Å². The summed E-state index contributed by atoms with van der Waals surface area (Å²) in [5.74, 6) is -1.03. The third-order valence-corrected chi connectivity index (χ3v) is 5.62. The van der Waals surface area contributed by atoms with E-state index in [4.69, 9.17) is 4.74 Å². The molecule has 28 heavy (non-hydrogen) atoms. The number of rotatable bonds is 4. The molecule has 0 saturated carbocycles. The third-order valence-electron chi connectivity index (χ3n) is 5.62. The van der Waals surface area contributed by atoms with Crippen LogP contribution in [0.5, 0.6) is 0 Å². The fourth-order valence-corrected chi connectivity index (χ4v) is 3.98. The second-order valence-corrected chi connectivity index (χ2v) is 7.19. The van der Waals surface area contributed by atoms with Crippen molar-refractivity contribution in [3.63, 3.8) is 0 Å². The number of ether oxygens (including phenoxy) is 2. The summed E-state index contributed by atoms with van der Waals surface area (Å²) < 4.78 is 10.2. The number of carbonyl (C=O) groups is 3. The van der Waals surface area contributed by atoms with Crippen molar-refractivity contribution in [2.45, 2.75) is 32.2 Å². The fraction of sp³-hybridized carbons (Fsp3) is 0.318. The highest BCUT2D eigenvalue weighted by molar-refractivity contribution is 6.04. The van der Waals surface area contributed by atoms with E-state index >= 15 is 0 Å². The minimum Gasteiger partial charge on any atom is -0.448 e. The number of hydrogen-bond acceptors (Lipinski definition) is 5. The first-order valence-electron chi connectivity index (χ1n) is 9.42. The average Bonchev–Trinajstić information content (AvgIpc) is 3.19. The quantitative estimate of drug-likeness (QED) is 0.584. The molecule has 0 aromatic heterocycles. The molecule has 6 heteroatoms. The molecule has 144 valence electrons.